The number of hydrogen-bond donors (Lipinski definition) is 0. The first-order valence-electron chi connectivity index (χ1n) is 4.23. The molecule has 0 saturated carbocycles. The van der Waals surface area contributed by atoms with Gasteiger partial charge in [-0.2, -0.15) is 0 Å². The van der Waals surface area contributed by atoms with E-state index in [4.69, 9.17) is 23.2 Å². The van der Waals surface area contributed by atoms with Crippen LogP contribution in [0.15, 0.2) is 12.1 Å². The molecule has 0 fully saturated rings. The monoisotopic (exact) mass is 265 g/mol. The van der Waals surface area contributed by atoms with Crippen LogP contribution in [0.2, 0.25) is 5.15 Å². The van der Waals surface area contributed by atoms with Crippen LogP contribution < -0.4 is 0 Å². The molecular formula is C10H4Cl2F3N. The van der Waals surface area contributed by atoms with E-state index >= 15 is 0 Å². The van der Waals surface area contributed by atoms with Gasteiger partial charge in [-0.15, -0.1) is 11.6 Å². The van der Waals surface area contributed by atoms with Crippen molar-refractivity contribution in [2.75, 3.05) is 0 Å². The standard InChI is InChI=1S/C10H4Cl2F3N/c11-3-5-1-4-2-6(13)7(14)8(15)9(4)16-10(5)12/h1-2H,3H2. The Bertz CT molecular complexity index is 572. The molecule has 1 heterocycles. The minimum atomic E-state index is -1.56. The molecule has 6 heteroatoms. The first kappa shape index (κ1) is 11.5. The number of hydrogen-bond acceptors (Lipinski definition) is 1. The first-order chi connectivity index (χ1) is 7.54. The number of nitrogens with zero attached hydrogens (tertiary/aromatic N) is 1. The molecule has 2 rings (SSSR count). The molecule has 0 unspecified atom stereocenters. The number of pyridine rings is 1. The van der Waals surface area contributed by atoms with Crippen LogP contribution in [-0.4, -0.2) is 4.98 Å². The molecule has 16 heavy (non-hydrogen) atoms. The Balaban J connectivity index is 2.86. The van der Waals surface area contributed by atoms with E-state index in [0.29, 0.717) is 5.56 Å². The van der Waals surface area contributed by atoms with Gasteiger partial charge in [0.05, 0.1) is 5.88 Å². The fraction of sp³-hybridized carbons (Fsp3) is 0.100. The minimum absolute atomic E-state index is 0.0209. The Hall–Kier alpha value is -1.00. The Labute approximate surface area is 98.8 Å². The van der Waals surface area contributed by atoms with E-state index in [1.54, 1.807) is 0 Å². The molecule has 0 bridgehead atoms. The van der Waals surface area contributed by atoms with Gasteiger partial charge in [0, 0.05) is 10.9 Å². The average Bonchev–Trinajstić information content (AvgIpc) is 2.27. The second kappa shape index (κ2) is 4.11. The predicted molar refractivity (Wildman–Crippen MR) is 56.2 cm³/mol. The third kappa shape index (κ3) is 1.72. The summed E-state index contributed by atoms with van der Waals surface area (Å²) < 4.78 is 39.2. The van der Waals surface area contributed by atoms with Gasteiger partial charge >= 0.3 is 0 Å². The number of alkyl halides is 1. The number of benzene rings is 1. The molecule has 2 aromatic rings. The second-order valence-electron chi connectivity index (χ2n) is 3.13. The zero-order valence-electron chi connectivity index (χ0n) is 7.70. The predicted octanol–water partition coefficient (Wildman–Crippen LogP) is 4.04. The van der Waals surface area contributed by atoms with Crippen LogP contribution in [0.1, 0.15) is 5.56 Å². The van der Waals surface area contributed by atoms with Gasteiger partial charge in [-0.3, -0.25) is 0 Å². The fourth-order valence-electron chi connectivity index (χ4n) is 1.34. The number of rotatable bonds is 1. The maximum Gasteiger partial charge on any atom is 0.196 e. The van der Waals surface area contributed by atoms with E-state index in [9.17, 15) is 13.2 Å². The van der Waals surface area contributed by atoms with Crippen LogP contribution >= 0.6 is 23.2 Å². The molecule has 0 spiro atoms. The highest BCUT2D eigenvalue weighted by molar-refractivity contribution is 6.31. The van der Waals surface area contributed by atoms with Crippen LogP contribution in [0, 0.1) is 17.5 Å². The van der Waals surface area contributed by atoms with Gasteiger partial charge in [-0.25, -0.2) is 18.2 Å². The molecule has 0 saturated heterocycles. The zero-order chi connectivity index (χ0) is 11.9. The summed E-state index contributed by atoms with van der Waals surface area (Å²) in [5.41, 5.74) is 0.124. The summed E-state index contributed by atoms with van der Waals surface area (Å²) in [5, 5.41) is 0.101. The molecule has 1 aromatic heterocycles. The lowest BCUT2D eigenvalue weighted by Crippen LogP contribution is -1.96. The lowest BCUT2D eigenvalue weighted by atomic mass is 10.1. The molecular weight excluding hydrogens is 262 g/mol. The van der Waals surface area contributed by atoms with Crippen molar-refractivity contribution in [2.24, 2.45) is 0 Å². The van der Waals surface area contributed by atoms with E-state index in [1.807, 2.05) is 0 Å². The zero-order valence-corrected chi connectivity index (χ0v) is 9.21. The third-order valence-electron chi connectivity index (χ3n) is 2.11. The number of fused-ring (bicyclic) bond motifs is 1. The Morgan fingerprint density at radius 1 is 1.12 bits per heavy atom. The summed E-state index contributed by atoms with van der Waals surface area (Å²) in [6, 6.07) is 2.23. The Morgan fingerprint density at radius 2 is 1.81 bits per heavy atom. The van der Waals surface area contributed by atoms with Gasteiger partial charge in [0.1, 0.15) is 10.7 Å². The number of halogens is 5. The van der Waals surface area contributed by atoms with Crippen molar-refractivity contribution in [3.63, 3.8) is 0 Å². The SMILES string of the molecule is Fc1cc2cc(CCl)c(Cl)nc2c(F)c1F. The number of aromatic nitrogens is 1. The molecule has 1 nitrogen and oxygen atoms in total. The highest BCUT2D eigenvalue weighted by Gasteiger charge is 2.16. The summed E-state index contributed by atoms with van der Waals surface area (Å²) in [6.07, 6.45) is 0. The molecule has 0 aliphatic heterocycles. The van der Waals surface area contributed by atoms with Crippen LogP contribution in [-0.2, 0) is 5.88 Å². The van der Waals surface area contributed by atoms with Crippen molar-refractivity contribution in [1.29, 1.82) is 0 Å². The van der Waals surface area contributed by atoms with E-state index in [1.165, 1.54) is 6.07 Å². The van der Waals surface area contributed by atoms with Gasteiger partial charge in [0.15, 0.2) is 17.5 Å². The van der Waals surface area contributed by atoms with Crippen LogP contribution in [0.5, 0.6) is 0 Å². The van der Waals surface area contributed by atoms with Crippen molar-refractivity contribution < 1.29 is 13.2 Å². The van der Waals surface area contributed by atoms with Gasteiger partial charge in [-0.05, 0) is 12.1 Å². The van der Waals surface area contributed by atoms with Crippen LogP contribution in [0.25, 0.3) is 10.9 Å². The van der Waals surface area contributed by atoms with E-state index in [2.05, 4.69) is 4.98 Å². The summed E-state index contributed by atoms with van der Waals surface area (Å²) in [4.78, 5) is 3.65. The smallest absolute Gasteiger partial charge is 0.196 e. The third-order valence-corrected chi connectivity index (χ3v) is 2.73. The van der Waals surface area contributed by atoms with E-state index < -0.39 is 17.5 Å². The summed E-state index contributed by atoms with van der Waals surface area (Å²) >= 11 is 11.2. The highest BCUT2D eigenvalue weighted by atomic mass is 35.5. The Morgan fingerprint density at radius 3 is 2.44 bits per heavy atom. The molecule has 84 valence electrons. The van der Waals surface area contributed by atoms with Crippen molar-refractivity contribution in [3.8, 4) is 0 Å². The van der Waals surface area contributed by atoms with Gasteiger partial charge in [0.2, 0.25) is 0 Å². The van der Waals surface area contributed by atoms with E-state index in [-0.39, 0.29) is 21.9 Å². The van der Waals surface area contributed by atoms with Crippen molar-refractivity contribution in [2.45, 2.75) is 5.88 Å². The lowest BCUT2D eigenvalue weighted by molar-refractivity contribution is 0.452. The lowest BCUT2D eigenvalue weighted by Gasteiger charge is -2.05. The average molecular weight is 266 g/mol. The molecule has 0 radical (unpaired) electrons. The maximum absolute atomic E-state index is 13.3. The second-order valence-corrected chi connectivity index (χ2v) is 3.76. The summed E-state index contributed by atoms with van der Waals surface area (Å²) in [5.74, 6) is -4.12. The summed E-state index contributed by atoms with van der Waals surface area (Å²) in [7, 11) is 0. The minimum Gasteiger partial charge on any atom is -0.233 e. The van der Waals surface area contributed by atoms with Crippen molar-refractivity contribution >= 4 is 34.1 Å². The largest absolute Gasteiger partial charge is 0.233 e. The highest BCUT2D eigenvalue weighted by Crippen LogP contribution is 2.26. The van der Waals surface area contributed by atoms with Crippen molar-refractivity contribution in [3.05, 3.63) is 40.3 Å². The Kier molecular flexibility index (Phi) is 2.95. The van der Waals surface area contributed by atoms with Gasteiger partial charge < -0.3 is 0 Å². The first-order valence-corrected chi connectivity index (χ1v) is 5.14. The molecule has 1 aromatic carbocycles. The van der Waals surface area contributed by atoms with Gasteiger partial charge in [-0.1, -0.05) is 11.6 Å². The van der Waals surface area contributed by atoms with Gasteiger partial charge in [0.25, 0.3) is 0 Å². The quantitative estimate of drug-likeness (QED) is 0.431. The van der Waals surface area contributed by atoms with Crippen LogP contribution in [0.4, 0.5) is 13.2 Å². The normalized spacial score (nSPS) is 11.1. The molecule has 0 aliphatic rings. The van der Waals surface area contributed by atoms with Crippen LogP contribution in [0.3, 0.4) is 0 Å². The fourth-order valence-corrected chi connectivity index (χ4v) is 1.82. The molecule has 0 atom stereocenters. The summed E-state index contributed by atoms with van der Waals surface area (Å²) in [6.45, 7) is 0. The van der Waals surface area contributed by atoms with E-state index in [0.717, 1.165) is 6.07 Å². The topological polar surface area (TPSA) is 12.9 Å². The maximum atomic E-state index is 13.3. The molecule has 0 N–H and O–H groups in total. The van der Waals surface area contributed by atoms with Crippen molar-refractivity contribution in [1.82, 2.24) is 4.98 Å². The molecule has 0 aliphatic carbocycles. The molecule has 0 amide bonds.